The van der Waals surface area contributed by atoms with Gasteiger partial charge in [0, 0.05) is 12.6 Å². The van der Waals surface area contributed by atoms with Crippen LogP contribution in [-0.4, -0.2) is 47.5 Å². The van der Waals surface area contributed by atoms with Gasteiger partial charge < -0.3 is 19.8 Å². The number of carbonyl (C=O) groups is 3. The number of anilines is 1. The van der Waals surface area contributed by atoms with E-state index < -0.39 is 11.9 Å². The van der Waals surface area contributed by atoms with Gasteiger partial charge in [0.05, 0.1) is 12.3 Å². The van der Waals surface area contributed by atoms with E-state index in [1.165, 1.54) is 6.92 Å². The van der Waals surface area contributed by atoms with Crippen LogP contribution in [0.2, 0.25) is 0 Å². The largest absolute Gasteiger partial charge is 0.458 e. The van der Waals surface area contributed by atoms with Crippen molar-refractivity contribution in [2.24, 2.45) is 40.5 Å². The van der Waals surface area contributed by atoms with Crippen LogP contribution in [0.4, 0.5) is 5.82 Å². The summed E-state index contributed by atoms with van der Waals surface area (Å²) >= 11 is 0. The minimum absolute atomic E-state index is 0.167. The van der Waals surface area contributed by atoms with Crippen molar-refractivity contribution in [2.45, 2.75) is 114 Å². The van der Waals surface area contributed by atoms with Crippen LogP contribution in [0.1, 0.15) is 117 Å². The van der Waals surface area contributed by atoms with Gasteiger partial charge in [-0.25, -0.2) is 14.6 Å². The summed E-state index contributed by atoms with van der Waals surface area (Å²) in [5.41, 5.74) is 6.61. The number of aliphatic imine (C=N–C) groups is 1. The zero-order valence-corrected chi connectivity index (χ0v) is 29.6. The topological polar surface area (TPSA) is 131 Å². The molecule has 2 fully saturated rings. The van der Waals surface area contributed by atoms with Crippen molar-refractivity contribution in [3.63, 3.8) is 0 Å². The molecule has 0 spiro atoms. The number of nitrogens with zero attached hydrogens (tertiary/aromatic N) is 1. The molecular formula is C36H54N4O6. The Morgan fingerprint density at radius 3 is 1.80 bits per heavy atom. The summed E-state index contributed by atoms with van der Waals surface area (Å²) in [7, 11) is 0. The quantitative estimate of drug-likeness (QED) is 0.204. The average Bonchev–Trinajstić information content (AvgIpc) is 3.46. The van der Waals surface area contributed by atoms with Crippen molar-refractivity contribution >= 4 is 35.1 Å². The number of aromatic nitrogens is 1. The summed E-state index contributed by atoms with van der Waals surface area (Å²) in [4.78, 5) is 53.3. The van der Waals surface area contributed by atoms with Gasteiger partial charge in [0.15, 0.2) is 0 Å². The van der Waals surface area contributed by atoms with Crippen LogP contribution in [0.25, 0.3) is 5.57 Å². The number of ether oxygens (including phenoxy) is 2. The predicted octanol–water partition coefficient (Wildman–Crippen LogP) is 7.12. The van der Waals surface area contributed by atoms with Gasteiger partial charge in [-0.05, 0) is 106 Å². The molecule has 10 nitrogen and oxygen atoms in total. The summed E-state index contributed by atoms with van der Waals surface area (Å²) in [6, 6.07) is 0. The fraction of sp³-hybridized carbons (Fsp3) is 0.667. The molecule has 0 saturated heterocycles. The smallest absolute Gasteiger partial charge is 0.342 e. The molecule has 0 bridgehead atoms. The van der Waals surface area contributed by atoms with Crippen LogP contribution in [0.3, 0.4) is 0 Å². The van der Waals surface area contributed by atoms with E-state index in [-0.39, 0.29) is 53.2 Å². The number of esters is 2. The number of amidine groups is 1. The molecule has 2 heterocycles. The highest BCUT2D eigenvalue weighted by Crippen LogP contribution is 2.40. The maximum atomic E-state index is 13.8. The average molecular weight is 639 g/mol. The third-order valence-electron chi connectivity index (χ3n) is 10.0. The third kappa shape index (κ3) is 7.42. The van der Waals surface area contributed by atoms with E-state index in [0.29, 0.717) is 57.9 Å². The highest BCUT2D eigenvalue weighted by molar-refractivity contribution is 6.25. The second kappa shape index (κ2) is 14.6. The first kappa shape index (κ1) is 35.5. The van der Waals surface area contributed by atoms with Crippen LogP contribution in [0, 0.1) is 42.4 Å². The van der Waals surface area contributed by atoms with E-state index in [0.717, 1.165) is 25.7 Å². The number of allylic oxidation sites excluding steroid dienone is 2. The van der Waals surface area contributed by atoms with Crippen LogP contribution in [0.5, 0.6) is 0 Å². The lowest BCUT2D eigenvalue weighted by atomic mass is 9.75. The number of carbonyl (C=O) groups excluding carboxylic acids is 3. The minimum atomic E-state index is -0.498. The summed E-state index contributed by atoms with van der Waals surface area (Å²) in [5, 5.41) is 2.74. The van der Waals surface area contributed by atoms with Crippen molar-refractivity contribution in [1.82, 2.24) is 10.3 Å². The van der Waals surface area contributed by atoms with E-state index in [1.807, 2.05) is 27.7 Å². The molecule has 4 unspecified atom stereocenters. The van der Waals surface area contributed by atoms with Crippen molar-refractivity contribution in [3.05, 3.63) is 33.7 Å². The van der Waals surface area contributed by atoms with Crippen molar-refractivity contribution in [1.29, 1.82) is 0 Å². The van der Waals surface area contributed by atoms with Gasteiger partial charge in [0.1, 0.15) is 35.0 Å². The van der Waals surface area contributed by atoms with E-state index >= 15 is 0 Å². The zero-order chi connectivity index (χ0) is 34.0. The van der Waals surface area contributed by atoms with E-state index in [1.54, 1.807) is 0 Å². The summed E-state index contributed by atoms with van der Waals surface area (Å²) < 4.78 is 12.3. The molecule has 1 aliphatic heterocycles. The second-order valence-corrected chi connectivity index (χ2v) is 14.3. The Morgan fingerprint density at radius 1 is 0.826 bits per heavy atom. The van der Waals surface area contributed by atoms with Crippen LogP contribution in [-0.2, 0) is 23.9 Å². The number of nitrogens with one attached hydrogen (secondary N) is 3. The predicted molar refractivity (Wildman–Crippen MR) is 180 cm³/mol. The fourth-order valence-corrected chi connectivity index (χ4v) is 8.20. The first-order valence-corrected chi connectivity index (χ1v) is 17.0. The van der Waals surface area contributed by atoms with Crippen LogP contribution >= 0.6 is 0 Å². The molecule has 4 rings (SSSR count). The molecule has 254 valence electrons. The van der Waals surface area contributed by atoms with Gasteiger partial charge >= 0.3 is 11.9 Å². The monoisotopic (exact) mass is 638 g/mol. The molecule has 2 aliphatic carbocycles. The molecule has 1 aromatic heterocycles. The van der Waals surface area contributed by atoms with Gasteiger partial charge in [-0.1, -0.05) is 41.5 Å². The standard InChI is InChI=1S/C36H54N4O6/c1-12-44-40-34-28(36(43)46-32-21(6)15-18(3)16-22(32)7)24(9)30(39-34)25(10)29-23(8)27(33(38-29)37-26(11)41)35(42)45-31-19(4)13-17(2)14-20(31)5/h17-22,31-32,39-40H,12-16H2,1-11H3,(H,37,38,41). The zero-order valence-electron chi connectivity index (χ0n) is 29.6. The molecule has 3 aliphatic rings. The molecule has 0 aromatic carbocycles. The molecule has 3 N–H and O–H groups in total. The molecule has 0 radical (unpaired) electrons. The molecule has 4 atom stereocenters. The SMILES string of the molecule is CCONc1[nH]c(C(C)=C2N=C(NC(C)=O)C(C(=O)OC3C(C)CC(C)CC3C)=C2C)c(C)c1C(=O)OC1C(C)CC(C)CC1C. The Hall–Kier alpha value is -3.40. The lowest BCUT2D eigenvalue weighted by molar-refractivity contribution is -0.152. The molecular weight excluding hydrogens is 584 g/mol. The van der Waals surface area contributed by atoms with E-state index in [2.05, 4.69) is 57.3 Å². The molecule has 1 amide bonds. The Labute approximate surface area is 274 Å². The van der Waals surface area contributed by atoms with E-state index in [9.17, 15) is 14.4 Å². The maximum Gasteiger partial charge on any atom is 0.342 e. The highest BCUT2D eigenvalue weighted by atomic mass is 16.6. The molecule has 1 aromatic rings. The van der Waals surface area contributed by atoms with Gasteiger partial charge in [-0.15, -0.1) is 0 Å². The number of aromatic amines is 1. The Morgan fingerprint density at radius 2 is 1.33 bits per heavy atom. The fourth-order valence-electron chi connectivity index (χ4n) is 8.20. The Balaban J connectivity index is 1.72. The van der Waals surface area contributed by atoms with Crippen LogP contribution in [0.15, 0.2) is 21.8 Å². The van der Waals surface area contributed by atoms with Gasteiger partial charge in [0.2, 0.25) is 5.91 Å². The van der Waals surface area contributed by atoms with E-state index in [4.69, 9.17) is 19.3 Å². The number of hydrogen-bond donors (Lipinski definition) is 3. The third-order valence-corrected chi connectivity index (χ3v) is 10.0. The summed E-state index contributed by atoms with van der Waals surface area (Å²) in [6.07, 6.45) is 3.60. The number of hydrogen-bond acceptors (Lipinski definition) is 8. The lowest BCUT2D eigenvalue weighted by Gasteiger charge is -2.37. The summed E-state index contributed by atoms with van der Waals surface area (Å²) in [5.74, 6) is 1.42. The maximum absolute atomic E-state index is 13.8. The number of amides is 1. The van der Waals surface area contributed by atoms with Crippen molar-refractivity contribution in [3.8, 4) is 0 Å². The van der Waals surface area contributed by atoms with Crippen molar-refractivity contribution in [2.75, 3.05) is 12.1 Å². The highest BCUT2D eigenvalue weighted by Gasteiger charge is 2.39. The van der Waals surface area contributed by atoms with Gasteiger partial charge in [-0.3, -0.25) is 15.1 Å². The van der Waals surface area contributed by atoms with Crippen molar-refractivity contribution < 1.29 is 28.7 Å². The minimum Gasteiger partial charge on any atom is -0.458 e. The molecule has 2 saturated carbocycles. The van der Waals surface area contributed by atoms with Gasteiger partial charge in [0.25, 0.3) is 0 Å². The van der Waals surface area contributed by atoms with Crippen LogP contribution < -0.4 is 10.8 Å². The Bertz CT molecular complexity index is 1410. The second-order valence-electron chi connectivity index (χ2n) is 14.3. The number of H-pyrrole nitrogens is 1. The normalized spacial score (nSPS) is 30.9. The first-order chi connectivity index (χ1) is 21.6. The molecule has 46 heavy (non-hydrogen) atoms. The Kier molecular flexibility index (Phi) is 11.2. The summed E-state index contributed by atoms with van der Waals surface area (Å²) in [6.45, 7) is 22.2. The number of rotatable bonds is 8. The lowest BCUT2D eigenvalue weighted by Crippen LogP contribution is -2.39. The first-order valence-electron chi connectivity index (χ1n) is 17.0. The molecule has 10 heteroatoms. The van der Waals surface area contributed by atoms with Gasteiger partial charge in [-0.2, -0.15) is 0 Å².